The van der Waals surface area contributed by atoms with Crippen LogP contribution in [0.3, 0.4) is 0 Å². The normalized spacial score (nSPS) is 13.6. The molecule has 2 N–H and O–H groups in total. The molecule has 0 fully saturated rings. The third-order valence-electron chi connectivity index (χ3n) is 3.60. The van der Waals surface area contributed by atoms with Crippen LogP contribution in [0.15, 0.2) is 18.2 Å². The number of hydrogen-bond acceptors (Lipinski definition) is 4. The van der Waals surface area contributed by atoms with Gasteiger partial charge in [0.15, 0.2) is 0 Å². The Morgan fingerprint density at radius 1 is 1.37 bits per heavy atom. The number of methoxy groups -OCH3 is 1. The van der Waals surface area contributed by atoms with Crippen LogP contribution in [0.5, 0.6) is 0 Å². The largest absolute Gasteiger partial charge is 0.384 e. The second-order valence-electron chi connectivity index (χ2n) is 5.10. The number of likely N-dealkylation sites (N-methyl/N-ethyl adjacent to an activating group) is 1. The Kier molecular flexibility index (Phi) is 5.63. The average Bonchev–Trinajstić information content (AvgIpc) is 2.90. The van der Waals surface area contributed by atoms with Crippen LogP contribution < -0.4 is 10.6 Å². The predicted molar refractivity (Wildman–Crippen MR) is 79.7 cm³/mol. The number of fused-ring (bicyclic) bond motifs is 1. The number of para-hydroxylation sites is 1. The highest BCUT2D eigenvalue weighted by Gasteiger charge is 2.12. The van der Waals surface area contributed by atoms with E-state index in [1.165, 1.54) is 16.8 Å². The lowest BCUT2D eigenvalue weighted by molar-refractivity contribution is 0.161. The molecule has 0 amide bonds. The van der Waals surface area contributed by atoms with E-state index in [1.54, 1.807) is 7.11 Å². The van der Waals surface area contributed by atoms with E-state index in [-0.39, 0.29) is 0 Å². The molecular weight excluding hydrogens is 238 g/mol. The summed E-state index contributed by atoms with van der Waals surface area (Å²) >= 11 is 0. The molecule has 0 aliphatic carbocycles. The maximum atomic E-state index is 5.07. The van der Waals surface area contributed by atoms with Crippen molar-refractivity contribution in [3.05, 3.63) is 29.3 Å². The fourth-order valence-corrected chi connectivity index (χ4v) is 2.41. The lowest BCUT2D eigenvalue weighted by Gasteiger charge is -2.16. The van der Waals surface area contributed by atoms with Crippen molar-refractivity contribution in [2.45, 2.75) is 13.0 Å². The van der Waals surface area contributed by atoms with Crippen molar-refractivity contribution in [2.75, 3.05) is 52.3 Å². The van der Waals surface area contributed by atoms with Gasteiger partial charge in [-0.05, 0) is 24.6 Å². The molecular formula is C15H25N3O. The molecule has 1 heterocycles. The van der Waals surface area contributed by atoms with Crippen molar-refractivity contribution < 1.29 is 4.74 Å². The minimum atomic E-state index is 0.798. The summed E-state index contributed by atoms with van der Waals surface area (Å²) in [6, 6.07) is 6.59. The first-order valence-corrected chi connectivity index (χ1v) is 7.04. The maximum Gasteiger partial charge on any atom is 0.0589 e. The Morgan fingerprint density at radius 3 is 3.11 bits per heavy atom. The maximum absolute atomic E-state index is 5.07. The van der Waals surface area contributed by atoms with Crippen molar-refractivity contribution in [1.29, 1.82) is 0 Å². The number of anilines is 1. The summed E-state index contributed by atoms with van der Waals surface area (Å²) in [7, 11) is 3.87. The van der Waals surface area contributed by atoms with Gasteiger partial charge in [0, 0.05) is 45.5 Å². The Hall–Kier alpha value is -1.10. The van der Waals surface area contributed by atoms with Gasteiger partial charge in [0.1, 0.15) is 0 Å². The van der Waals surface area contributed by atoms with Gasteiger partial charge in [-0.15, -0.1) is 0 Å². The topological polar surface area (TPSA) is 36.5 Å². The minimum Gasteiger partial charge on any atom is -0.384 e. The molecule has 0 saturated heterocycles. The highest BCUT2D eigenvalue weighted by Crippen LogP contribution is 2.25. The first-order chi connectivity index (χ1) is 9.31. The van der Waals surface area contributed by atoms with Crippen LogP contribution in [0.2, 0.25) is 0 Å². The zero-order valence-electron chi connectivity index (χ0n) is 12.0. The quantitative estimate of drug-likeness (QED) is 0.694. The number of ether oxygens (including phenoxy) is 1. The molecule has 0 spiro atoms. The van der Waals surface area contributed by atoms with Crippen LogP contribution in [0.25, 0.3) is 0 Å². The number of nitrogens with zero attached hydrogens (tertiary/aromatic N) is 1. The zero-order valence-corrected chi connectivity index (χ0v) is 12.0. The SMILES string of the molecule is COCCN(C)CCNCc1cccc2c1NCC2. The van der Waals surface area contributed by atoms with E-state index in [0.717, 1.165) is 45.8 Å². The summed E-state index contributed by atoms with van der Waals surface area (Å²) in [5.41, 5.74) is 4.19. The molecule has 1 aliphatic heterocycles. The first kappa shape index (κ1) is 14.3. The average molecular weight is 263 g/mol. The molecule has 0 radical (unpaired) electrons. The lowest BCUT2D eigenvalue weighted by atomic mass is 10.1. The number of nitrogens with one attached hydrogen (secondary N) is 2. The summed E-state index contributed by atoms with van der Waals surface area (Å²) in [5.74, 6) is 0. The highest BCUT2D eigenvalue weighted by molar-refractivity contribution is 5.61. The Bertz CT molecular complexity index is 395. The van der Waals surface area contributed by atoms with Crippen molar-refractivity contribution in [3.63, 3.8) is 0 Å². The molecule has 4 heteroatoms. The Balaban J connectivity index is 1.70. The molecule has 2 rings (SSSR count). The van der Waals surface area contributed by atoms with E-state index in [1.807, 2.05) is 0 Å². The molecule has 0 saturated carbocycles. The zero-order chi connectivity index (χ0) is 13.5. The van der Waals surface area contributed by atoms with Crippen molar-refractivity contribution >= 4 is 5.69 Å². The van der Waals surface area contributed by atoms with E-state index >= 15 is 0 Å². The fraction of sp³-hybridized carbons (Fsp3) is 0.600. The van der Waals surface area contributed by atoms with Gasteiger partial charge in [0.05, 0.1) is 6.61 Å². The van der Waals surface area contributed by atoms with E-state index < -0.39 is 0 Å². The Labute approximate surface area is 116 Å². The van der Waals surface area contributed by atoms with E-state index in [0.29, 0.717) is 0 Å². The summed E-state index contributed by atoms with van der Waals surface area (Å²) in [6.07, 6.45) is 1.16. The lowest BCUT2D eigenvalue weighted by Crippen LogP contribution is -2.31. The fourth-order valence-electron chi connectivity index (χ4n) is 2.41. The monoisotopic (exact) mass is 263 g/mol. The van der Waals surface area contributed by atoms with Gasteiger partial charge in [0.2, 0.25) is 0 Å². The van der Waals surface area contributed by atoms with E-state index in [2.05, 4.69) is 40.8 Å². The number of hydrogen-bond donors (Lipinski definition) is 2. The second kappa shape index (κ2) is 7.48. The van der Waals surface area contributed by atoms with Crippen LogP contribution in [0, 0.1) is 0 Å². The second-order valence-corrected chi connectivity index (χ2v) is 5.10. The summed E-state index contributed by atoms with van der Waals surface area (Å²) in [5, 5.41) is 7.00. The van der Waals surface area contributed by atoms with E-state index in [4.69, 9.17) is 4.74 Å². The first-order valence-electron chi connectivity index (χ1n) is 7.04. The molecule has 106 valence electrons. The predicted octanol–water partition coefficient (Wildman–Crippen LogP) is 1.32. The smallest absolute Gasteiger partial charge is 0.0589 e. The molecule has 0 aromatic heterocycles. The van der Waals surface area contributed by atoms with Gasteiger partial charge >= 0.3 is 0 Å². The number of benzene rings is 1. The van der Waals surface area contributed by atoms with Gasteiger partial charge in [-0.1, -0.05) is 18.2 Å². The molecule has 19 heavy (non-hydrogen) atoms. The van der Waals surface area contributed by atoms with E-state index in [9.17, 15) is 0 Å². The molecule has 1 aliphatic rings. The van der Waals surface area contributed by atoms with Crippen LogP contribution in [-0.2, 0) is 17.7 Å². The van der Waals surface area contributed by atoms with Crippen molar-refractivity contribution in [3.8, 4) is 0 Å². The summed E-state index contributed by atoms with van der Waals surface area (Å²) < 4.78 is 5.07. The van der Waals surface area contributed by atoms with Crippen LogP contribution in [0.1, 0.15) is 11.1 Å². The summed E-state index contributed by atoms with van der Waals surface area (Å²) in [4.78, 5) is 2.28. The molecule has 1 aromatic carbocycles. The van der Waals surface area contributed by atoms with Gasteiger partial charge in [0.25, 0.3) is 0 Å². The minimum absolute atomic E-state index is 0.798. The third kappa shape index (κ3) is 4.20. The van der Waals surface area contributed by atoms with Gasteiger partial charge in [-0.2, -0.15) is 0 Å². The molecule has 0 atom stereocenters. The molecule has 0 bridgehead atoms. The summed E-state index contributed by atoms with van der Waals surface area (Å²) in [6.45, 7) is 5.85. The van der Waals surface area contributed by atoms with Crippen LogP contribution in [-0.4, -0.2) is 51.8 Å². The van der Waals surface area contributed by atoms with Crippen molar-refractivity contribution in [2.24, 2.45) is 0 Å². The Morgan fingerprint density at radius 2 is 2.26 bits per heavy atom. The van der Waals surface area contributed by atoms with Crippen molar-refractivity contribution in [1.82, 2.24) is 10.2 Å². The number of rotatable bonds is 8. The van der Waals surface area contributed by atoms with Gasteiger partial charge in [-0.3, -0.25) is 0 Å². The van der Waals surface area contributed by atoms with Crippen LogP contribution in [0.4, 0.5) is 5.69 Å². The highest BCUT2D eigenvalue weighted by atomic mass is 16.5. The third-order valence-corrected chi connectivity index (χ3v) is 3.60. The van der Waals surface area contributed by atoms with Gasteiger partial charge < -0.3 is 20.3 Å². The molecule has 0 unspecified atom stereocenters. The standard InChI is InChI=1S/C15H25N3O/c1-18(10-11-19-2)9-8-16-12-14-5-3-4-13-6-7-17-15(13)14/h3-5,16-17H,6-12H2,1-2H3. The molecule has 1 aromatic rings. The van der Waals surface area contributed by atoms with Gasteiger partial charge in [-0.25, -0.2) is 0 Å². The van der Waals surface area contributed by atoms with Crippen LogP contribution >= 0.6 is 0 Å². The molecule has 4 nitrogen and oxygen atoms in total.